The van der Waals surface area contributed by atoms with E-state index in [2.05, 4.69) is 0 Å². The first-order valence-corrected chi connectivity index (χ1v) is 7.17. The van der Waals surface area contributed by atoms with Gasteiger partial charge in [-0.3, -0.25) is 14.5 Å². The van der Waals surface area contributed by atoms with Gasteiger partial charge in [-0.05, 0) is 30.5 Å². The molecule has 2 fully saturated rings. The molecule has 5 heteroatoms. The SMILES string of the molecule is CCOc1ccc(N2C(=O)C3C(C2=O)C3(C)C)cc1CO. The highest BCUT2D eigenvalue weighted by Gasteiger charge is 2.72. The molecule has 2 amide bonds. The Bertz CT molecular complexity index is 599. The maximum atomic E-state index is 12.4. The molecule has 1 aliphatic heterocycles. The number of ether oxygens (including phenoxy) is 1. The van der Waals surface area contributed by atoms with Crippen LogP contribution in [-0.4, -0.2) is 23.5 Å². The van der Waals surface area contributed by atoms with Crippen molar-refractivity contribution in [3.8, 4) is 5.75 Å². The van der Waals surface area contributed by atoms with Crippen LogP contribution in [0.15, 0.2) is 18.2 Å². The van der Waals surface area contributed by atoms with Gasteiger partial charge in [-0.15, -0.1) is 0 Å². The number of amides is 2. The molecule has 1 heterocycles. The van der Waals surface area contributed by atoms with Gasteiger partial charge >= 0.3 is 0 Å². The molecule has 21 heavy (non-hydrogen) atoms. The van der Waals surface area contributed by atoms with E-state index in [9.17, 15) is 14.7 Å². The molecule has 0 spiro atoms. The molecule has 2 aliphatic rings. The van der Waals surface area contributed by atoms with Crippen molar-refractivity contribution in [2.24, 2.45) is 17.3 Å². The van der Waals surface area contributed by atoms with Crippen LogP contribution in [0.2, 0.25) is 0 Å². The van der Waals surface area contributed by atoms with Gasteiger partial charge in [-0.1, -0.05) is 13.8 Å². The molecule has 112 valence electrons. The summed E-state index contributed by atoms with van der Waals surface area (Å²) in [7, 11) is 0. The summed E-state index contributed by atoms with van der Waals surface area (Å²) in [5, 5.41) is 9.42. The summed E-state index contributed by atoms with van der Waals surface area (Å²) < 4.78 is 5.41. The fourth-order valence-corrected chi connectivity index (χ4v) is 3.33. The number of hydrogen-bond donors (Lipinski definition) is 1. The number of carbonyl (C=O) groups is 2. The van der Waals surface area contributed by atoms with Gasteiger partial charge < -0.3 is 9.84 Å². The van der Waals surface area contributed by atoms with Gasteiger partial charge in [0.2, 0.25) is 11.8 Å². The molecule has 3 rings (SSSR count). The Labute approximate surface area is 123 Å². The zero-order valence-corrected chi connectivity index (χ0v) is 12.4. The third-order valence-corrected chi connectivity index (χ3v) is 4.57. The van der Waals surface area contributed by atoms with E-state index in [0.717, 1.165) is 0 Å². The first-order chi connectivity index (χ1) is 9.93. The summed E-state index contributed by atoms with van der Waals surface area (Å²) in [5.74, 6) is -0.0947. The quantitative estimate of drug-likeness (QED) is 0.857. The predicted octanol–water partition coefficient (Wildman–Crippen LogP) is 1.72. The molecular formula is C16H19NO4. The monoisotopic (exact) mass is 289 g/mol. The van der Waals surface area contributed by atoms with Crippen LogP contribution in [0, 0.1) is 17.3 Å². The van der Waals surface area contributed by atoms with Gasteiger partial charge in [0.1, 0.15) is 5.75 Å². The third kappa shape index (κ3) is 1.87. The van der Waals surface area contributed by atoms with Crippen LogP contribution in [0.25, 0.3) is 0 Å². The highest BCUT2D eigenvalue weighted by atomic mass is 16.5. The molecule has 1 saturated heterocycles. The zero-order valence-electron chi connectivity index (χ0n) is 12.4. The number of hydrogen-bond acceptors (Lipinski definition) is 4. The Morgan fingerprint density at radius 1 is 1.24 bits per heavy atom. The zero-order chi connectivity index (χ0) is 15.4. The van der Waals surface area contributed by atoms with Crippen LogP contribution in [-0.2, 0) is 16.2 Å². The lowest BCUT2D eigenvalue weighted by Gasteiger charge is -2.21. The number of rotatable bonds is 4. The van der Waals surface area contributed by atoms with E-state index in [0.29, 0.717) is 23.6 Å². The normalized spacial score (nSPS) is 26.0. The molecular weight excluding hydrogens is 270 g/mol. The summed E-state index contributed by atoms with van der Waals surface area (Å²) in [4.78, 5) is 26.0. The highest BCUT2D eigenvalue weighted by Crippen LogP contribution is 2.63. The first-order valence-electron chi connectivity index (χ1n) is 7.17. The molecule has 1 aliphatic carbocycles. The molecule has 1 aromatic rings. The van der Waals surface area contributed by atoms with Crippen LogP contribution in [0.1, 0.15) is 26.3 Å². The Balaban J connectivity index is 1.92. The maximum absolute atomic E-state index is 12.4. The summed E-state index contributed by atoms with van der Waals surface area (Å²) in [6.07, 6.45) is 0. The number of benzene rings is 1. The third-order valence-electron chi connectivity index (χ3n) is 4.57. The van der Waals surface area contributed by atoms with Gasteiger partial charge in [-0.2, -0.15) is 0 Å². The number of imide groups is 1. The van der Waals surface area contributed by atoms with E-state index in [1.807, 2.05) is 20.8 Å². The summed E-state index contributed by atoms with van der Waals surface area (Å²) in [6, 6.07) is 5.04. The fourth-order valence-electron chi connectivity index (χ4n) is 3.33. The second-order valence-electron chi connectivity index (χ2n) is 6.17. The van der Waals surface area contributed by atoms with Crippen LogP contribution in [0.4, 0.5) is 5.69 Å². The largest absolute Gasteiger partial charge is 0.494 e. The Hall–Kier alpha value is -1.88. The fraction of sp³-hybridized carbons (Fsp3) is 0.500. The first kappa shape index (κ1) is 14.1. The number of piperidine rings is 1. The molecule has 1 aromatic carbocycles. The Morgan fingerprint density at radius 2 is 1.86 bits per heavy atom. The molecule has 5 nitrogen and oxygen atoms in total. The lowest BCUT2D eigenvalue weighted by Crippen LogP contribution is -2.36. The van der Waals surface area contributed by atoms with E-state index in [1.54, 1.807) is 18.2 Å². The van der Waals surface area contributed by atoms with E-state index in [1.165, 1.54) is 4.90 Å². The van der Waals surface area contributed by atoms with Crippen molar-refractivity contribution >= 4 is 17.5 Å². The lowest BCUT2D eigenvalue weighted by molar-refractivity contribution is -0.125. The van der Waals surface area contributed by atoms with Crippen molar-refractivity contribution in [3.63, 3.8) is 0 Å². The highest BCUT2D eigenvalue weighted by molar-refractivity contribution is 6.25. The summed E-state index contributed by atoms with van der Waals surface area (Å²) in [5.41, 5.74) is 0.880. The number of aliphatic hydroxyl groups is 1. The molecule has 2 atom stereocenters. The van der Waals surface area contributed by atoms with Gasteiger partial charge in [-0.25, -0.2) is 0 Å². The Kier molecular flexibility index (Phi) is 3.06. The van der Waals surface area contributed by atoms with Crippen LogP contribution in [0.5, 0.6) is 5.75 Å². The minimum atomic E-state index is -0.213. The molecule has 0 aromatic heterocycles. The lowest BCUT2D eigenvalue weighted by atomic mass is 10.0. The topological polar surface area (TPSA) is 66.8 Å². The van der Waals surface area contributed by atoms with Gasteiger partial charge in [0, 0.05) is 5.56 Å². The maximum Gasteiger partial charge on any atom is 0.238 e. The van der Waals surface area contributed by atoms with E-state index in [-0.39, 0.29) is 35.7 Å². The van der Waals surface area contributed by atoms with Crippen molar-refractivity contribution in [1.29, 1.82) is 0 Å². The van der Waals surface area contributed by atoms with Gasteiger partial charge in [0.05, 0.1) is 30.7 Å². The van der Waals surface area contributed by atoms with E-state index >= 15 is 0 Å². The number of fused-ring (bicyclic) bond motifs is 1. The van der Waals surface area contributed by atoms with Crippen LogP contribution in [0.3, 0.4) is 0 Å². The molecule has 1 saturated carbocycles. The summed E-state index contributed by atoms with van der Waals surface area (Å²) >= 11 is 0. The number of nitrogens with zero attached hydrogens (tertiary/aromatic N) is 1. The van der Waals surface area contributed by atoms with Gasteiger partial charge in [0.15, 0.2) is 0 Å². The molecule has 0 bridgehead atoms. The standard InChI is InChI=1S/C16H19NO4/c1-4-21-11-6-5-10(7-9(11)8-18)17-14(19)12-13(15(17)20)16(12,2)3/h5-7,12-13,18H,4,8H2,1-3H3. The van der Waals surface area contributed by atoms with E-state index < -0.39 is 0 Å². The smallest absolute Gasteiger partial charge is 0.238 e. The minimum Gasteiger partial charge on any atom is -0.494 e. The predicted molar refractivity (Wildman–Crippen MR) is 76.8 cm³/mol. The van der Waals surface area contributed by atoms with Crippen molar-refractivity contribution in [3.05, 3.63) is 23.8 Å². The second kappa shape index (κ2) is 4.56. The van der Waals surface area contributed by atoms with Crippen LogP contribution < -0.4 is 9.64 Å². The van der Waals surface area contributed by atoms with Crippen molar-refractivity contribution in [2.45, 2.75) is 27.4 Å². The van der Waals surface area contributed by atoms with E-state index in [4.69, 9.17) is 4.74 Å². The van der Waals surface area contributed by atoms with Crippen molar-refractivity contribution < 1.29 is 19.4 Å². The second-order valence-corrected chi connectivity index (χ2v) is 6.17. The van der Waals surface area contributed by atoms with Gasteiger partial charge in [0.25, 0.3) is 0 Å². The number of carbonyl (C=O) groups excluding carboxylic acids is 2. The van der Waals surface area contributed by atoms with Crippen molar-refractivity contribution in [2.75, 3.05) is 11.5 Å². The van der Waals surface area contributed by atoms with Crippen molar-refractivity contribution in [1.82, 2.24) is 0 Å². The minimum absolute atomic E-state index is 0.136. The molecule has 0 radical (unpaired) electrons. The Morgan fingerprint density at radius 3 is 2.38 bits per heavy atom. The molecule has 2 unspecified atom stereocenters. The van der Waals surface area contributed by atoms with Crippen LogP contribution >= 0.6 is 0 Å². The summed E-state index contributed by atoms with van der Waals surface area (Å²) in [6.45, 7) is 6.06. The average molecular weight is 289 g/mol. The number of anilines is 1. The average Bonchev–Trinajstić information content (AvgIpc) is 2.90. The molecule has 1 N–H and O–H groups in total. The number of aliphatic hydroxyl groups excluding tert-OH is 1.